The number of aliphatic hydroxyl groups excluding tert-OH is 11. The minimum Gasteiger partial charge on any atom is -0.394 e. The van der Waals surface area contributed by atoms with Gasteiger partial charge in [0, 0.05) is 6.42 Å². The summed E-state index contributed by atoms with van der Waals surface area (Å²) < 4.78 is 34.6. The Labute approximate surface area is 623 Å². The number of allylic oxidation sites excluding steroid dienone is 12. The molecule has 0 spiro atoms. The van der Waals surface area contributed by atoms with Crippen molar-refractivity contribution in [1.29, 1.82) is 0 Å². The highest BCUT2D eigenvalue weighted by atomic mass is 16.8. The molecule has 0 aromatic heterocycles. The molecular weight excluding hydrogens is 1310 g/mol. The molecule has 0 saturated carbocycles. The van der Waals surface area contributed by atoms with E-state index >= 15 is 0 Å². The molecule has 0 aromatic rings. The van der Waals surface area contributed by atoms with Crippen molar-refractivity contribution >= 4 is 5.91 Å². The van der Waals surface area contributed by atoms with E-state index in [-0.39, 0.29) is 18.9 Å². The molecule has 17 unspecified atom stereocenters. The first-order valence-corrected chi connectivity index (χ1v) is 41.7. The molecule has 17 atom stereocenters. The van der Waals surface area contributed by atoms with Crippen molar-refractivity contribution in [3.8, 4) is 0 Å². The molecule has 0 radical (unpaired) electrons. The van der Waals surface area contributed by atoms with Crippen LogP contribution >= 0.6 is 0 Å². The summed E-state index contributed by atoms with van der Waals surface area (Å²) in [5, 5.41) is 121. The average molecular weight is 1460 g/mol. The van der Waals surface area contributed by atoms with Gasteiger partial charge in [-0.1, -0.05) is 324 Å². The standard InChI is InChI=1S/C84H151NO18/c1-3-5-7-9-11-13-15-17-19-21-23-25-27-29-31-32-33-34-36-38-40-42-44-46-48-50-52-54-56-58-60-62-72(90)85-67(68(89)61-59-57-55-53-51-49-47-45-43-41-39-37-35-30-28-26-24-22-20-18-16-14-12-10-8-6-4-2)66-98-82-78(96)75(93)80(70(64-87)100-82)103-84-79(97)76(94)81(71(65-88)101-84)102-83-77(95)74(92)73(91)69(63-86)99-83/h5,7,11,13,17,19,23,25,29,31,33-34,67-71,73-84,86-89,91-97H,3-4,6,8-10,12,14-16,18,20-22,24,26-28,30,32,35-66H2,1-2H3,(H,85,90)/b7-5-,13-11-,19-17-,25-23-,31-29-,34-33-. The zero-order valence-electron chi connectivity index (χ0n) is 64.3. The quantitative estimate of drug-likeness (QED) is 0.0199. The Balaban J connectivity index is 1.36. The molecular formula is C84H151NO18. The Bertz CT molecular complexity index is 2140. The van der Waals surface area contributed by atoms with Crippen LogP contribution < -0.4 is 5.32 Å². The third-order valence-corrected chi connectivity index (χ3v) is 20.5. The maximum absolute atomic E-state index is 13.5. The van der Waals surface area contributed by atoms with Crippen LogP contribution in [-0.4, -0.2) is 193 Å². The summed E-state index contributed by atoms with van der Waals surface area (Å²) in [7, 11) is 0. The lowest BCUT2D eigenvalue weighted by Crippen LogP contribution is -2.66. The number of aliphatic hydroxyl groups is 11. The summed E-state index contributed by atoms with van der Waals surface area (Å²) in [5.74, 6) is -0.243. The number of amides is 1. The molecule has 19 heteroatoms. The molecule has 3 fully saturated rings. The second-order valence-corrected chi connectivity index (χ2v) is 29.6. The first-order chi connectivity index (χ1) is 50.3. The van der Waals surface area contributed by atoms with Crippen LogP contribution in [0.4, 0.5) is 0 Å². The highest BCUT2D eigenvalue weighted by Gasteiger charge is 2.54. The number of hydrogen-bond donors (Lipinski definition) is 12. The Kier molecular flexibility index (Phi) is 58.8. The molecule has 3 aliphatic heterocycles. The summed E-state index contributed by atoms with van der Waals surface area (Å²) in [6, 6.07) is -0.894. The van der Waals surface area contributed by atoms with Gasteiger partial charge in [0.25, 0.3) is 0 Å². The lowest BCUT2D eigenvalue weighted by atomic mass is 9.96. The van der Waals surface area contributed by atoms with Gasteiger partial charge in [0.05, 0.1) is 38.6 Å². The molecule has 3 aliphatic rings. The first kappa shape index (κ1) is 94.4. The number of unbranched alkanes of at least 4 members (excludes halogenated alkanes) is 38. The summed E-state index contributed by atoms with van der Waals surface area (Å²) >= 11 is 0. The Hall–Kier alpha value is -2.77. The lowest BCUT2D eigenvalue weighted by Gasteiger charge is -2.48. The van der Waals surface area contributed by atoms with Crippen LogP contribution in [0.3, 0.4) is 0 Å². The van der Waals surface area contributed by atoms with Crippen LogP contribution in [0.2, 0.25) is 0 Å². The Morgan fingerprint density at radius 1 is 0.359 bits per heavy atom. The van der Waals surface area contributed by atoms with Gasteiger partial charge in [0.15, 0.2) is 18.9 Å². The van der Waals surface area contributed by atoms with E-state index in [9.17, 15) is 61.0 Å². The second kappa shape index (κ2) is 64.1. The highest BCUT2D eigenvalue weighted by Crippen LogP contribution is 2.33. The number of carbonyl (C=O) groups is 1. The fourth-order valence-corrected chi connectivity index (χ4v) is 13.9. The van der Waals surface area contributed by atoms with Gasteiger partial charge >= 0.3 is 0 Å². The third-order valence-electron chi connectivity index (χ3n) is 20.5. The van der Waals surface area contributed by atoms with E-state index < -0.39 is 124 Å². The predicted molar refractivity (Wildman–Crippen MR) is 411 cm³/mol. The van der Waals surface area contributed by atoms with Crippen LogP contribution in [0.15, 0.2) is 72.9 Å². The fourth-order valence-electron chi connectivity index (χ4n) is 13.9. The van der Waals surface area contributed by atoms with E-state index in [2.05, 4.69) is 92.1 Å². The van der Waals surface area contributed by atoms with Gasteiger partial charge in [-0.2, -0.15) is 0 Å². The van der Waals surface area contributed by atoms with Gasteiger partial charge in [-0.05, 0) is 64.2 Å². The van der Waals surface area contributed by atoms with E-state index in [1.165, 1.54) is 199 Å². The van der Waals surface area contributed by atoms with E-state index in [0.717, 1.165) is 89.9 Å². The predicted octanol–water partition coefficient (Wildman–Crippen LogP) is 14.4. The largest absolute Gasteiger partial charge is 0.394 e. The van der Waals surface area contributed by atoms with Crippen molar-refractivity contribution in [1.82, 2.24) is 5.32 Å². The van der Waals surface area contributed by atoms with E-state index in [1.54, 1.807) is 0 Å². The van der Waals surface area contributed by atoms with Crippen molar-refractivity contribution in [3.63, 3.8) is 0 Å². The van der Waals surface area contributed by atoms with Crippen LogP contribution in [0, 0.1) is 0 Å². The van der Waals surface area contributed by atoms with Gasteiger partial charge in [-0.3, -0.25) is 4.79 Å². The topological polar surface area (TPSA) is 307 Å². The van der Waals surface area contributed by atoms with Crippen molar-refractivity contribution < 1.29 is 89.4 Å². The van der Waals surface area contributed by atoms with E-state index in [1.807, 2.05) is 0 Å². The van der Waals surface area contributed by atoms with Crippen molar-refractivity contribution in [2.75, 3.05) is 26.4 Å². The third kappa shape index (κ3) is 43.9. The molecule has 0 aliphatic carbocycles. The highest BCUT2D eigenvalue weighted by molar-refractivity contribution is 5.76. The maximum atomic E-state index is 13.5. The second-order valence-electron chi connectivity index (χ2n) is 29.6. The number of nitrogens with one attached hydrogen (secondary N) is 1. The molecule has 3 saturated heterocycles. The average Bonchev–Trinajstić information content (AvgIpc) is 0.781. The van der Waals surface area contributed by atoms with Gasteiger partial charge in [-0.25, -0.2) is 0 Å². The number of rotatable bonds is 66. The van der Waals surface area contributed by atoms with Gasteiger partial charge < -0.3 is 89.9 Å². The van der Waals surface area contributed by atoms with E-state index in [0.29, 0.717) is 12.8 Å². The lowest BCUT2D eigenvalue weighted by molar-refractivity contribution is -0.379. The van der Waals surface area contributed by atoms with Gasteiger partial charge in [0.1, 0.15) is 73.2 Å². The minimum atomic E-state index is -1.98. The van der Waals surface area contributed by atoms with Crippen molar-refractivity contribution in [3.05, 3.63) is 72.9 Å². The smallest absolute Gasteiger partial charge is 0.220 e. The molecule has 0 bridgehead atoms. The van der Waals surface area contributed by atoms with Gasteiger partial charge in [-0.15, -0.1) is 0 Å². The zero-order valence-corrected chi connectivity index (χ0v) is 64.3. The first-order valence-electron chi connectivity index (χ1n) is 41.7. The molecule has 3 heterocycles. The van der Waals surface area contributed by atoms with Gasteiger partial charge in [0.2, 0.25) is 5.91 Å². The number of hydrogen-bond acceptors (Lipinski definition) is 18. The number of ether oxygens (including phenoxy) is 6. The molecule has 103 heavy (non-hydrogen) atoms. The summed E-state index contributed by atoms with van der Waals surface area (Å²) in [6.07, 6.45) is 57.0. The Morgan fingerprint density at radius 2 is 0.670 bits per heavy atom. The van der Waals surface area contributed by atoms with E-state index in [4.69, 9.17) is 28.4 Å². The minimum absolute atomic E-state index is 0.243. The molecule has 12 N–H and O–H groups in total. The maximum Gasteiger partial charge on any atom is 0.220 e. The summed E-state index contributed by atoms with van der Waals surface area (Å²) in [4.78, 5) is 13.5. The van der Waals surface area contributed by atoms with Crippen LogP contribution in [0.25, 0.3) is 0 Å². The van der Waals surface area contributed by atoms with Crippen molar-refractivity contribution in [2.45, 2.75) is 426 Å². The SMILES string of the molecule is CC/C=C\C/C=C\C/C=C\C/C=C\C/C=C\C/C=C\CCCCCCCCCCCCCCC(=O)NC(COC1OC(CO)C(OC2OC(CO)C(OC3OC(CO)C(O)C(O)C3O)C(O)C2O)C(O)C1O)C(O)CCCCCCCCCCCCCCCCCCCCCCCCCCCCC. The van der Waals surface area contributed by atoms with Crippen LogP contribution in [-0.2, 0) is 33.2 Å². The molecule has 600 valence electrons. The van der Waals surface area contributed by atoms with Crippen LogP contribution in [0.1, 0.15) is 322 Å². The molecule has 0 aromatic carbocycles. The summed E-state index contributed by atoms with van der Waals surface area (Å²) in [5.41, 5.74) is 0. The van der Waals surface area contributed by atoms with Crippen LogP contribution in [0.5, 0.6) is 0 Å². The Morgan fingerprint density at radius 3 is 1.05 bits per heavy atom. The molecule has 3 rings (SSSR count). The molecule has 19 nitrogen and oxygen atoms in total. The van der Waals surface area contributed by atoms with Crippen molar-refractivity contribution in [2.24, 2.45) is 0 Å². The monoisotopic (exact) mass is 1460 g/mol. The molecule has 1 amide bonds. The fraction of sp³-hybridized carbons (Fsp3) is 0.845. The normalized spacial score (nSPS) is 26.4. The zero-order chi connectivity index (χ0) is 74.6. The summed E-state index contributed by atoms with van der Waals surface area (Å²) in [6.45, 7) is 1.73. The number of carbonyl (C=O) groups excluding carboxylic acids is 1.